The summed E-state index contributed by atoms with van der Waals surface area (Å²) in [6, 6.07) is 9.89. The Bertz CT molecular complexity index is 729. The summed E-state index contributed by atoms with van der Waals surface area (Å²) >= 11 is 0. The predicted molar refractivity (Wildman–Crippen MR) is 78.6 cm³/mol. The van der Waals surface area contributed by atoms with Crippen molar-refractivity contribution in [2.24, 2.45) is 0 Å². The van der Waals surface area contributed by atoms with E-state index in [1.807, 2.05) is 41.3 Å². The van der Waals surface area contributed by atoms with Gasteiger partial charge in [0.15, 0.2) is 0 Å². The van der Waals surface area contributed by atoms with Crippen LogP contribution in [0.5, 0.6) is 0 Å². The van der Waals surface area contributed by atoms with E-state index in [9.17, 15) is 0 Å². The Kier molecular flexibility index (Phi) is 2.96. The van der Waals surface area contributed by atoms with Gasteiger partial charge in [0.25, 0.3) is 0 Å². The quantitative estimate of drug-likeness (QED) is 0.735. The van der Waals surface area contributed by atoms with Crippen LogP contribution in [0.15, 0.2) is 48.9 Å². The lowest BCUT2D eigenvalue weighted by Gasteiger charge is -2.03. The van der Waals surface area contributed by atoms with Crippen LogP contribution in [0, 0.1) is 0 Å². The van der Waals surface area contributed by atoms with Crippen LogP contribution in [-0.2, 0) is 6.54 Å². The molecule has 0 saturated heterocycles. The molecule has 0 unspecified atom stereocenters. The van der Waals surface area contributed by atoms with E-state index in [2.05, 4.69) is 26.3 Å². The van der Waals surface area contributed by atoms with Crippen LogP contribution in [0.3, 0.4) is 0 Å². The second-order valence-corrected chi connectivity index (χ2v) is 5.38. The van der Waals surface area contributed by atoms with Gasteiger partial charge in [-0.25, -0.2) is 4.68 Å². The van der Waals surface area contributed by atoms with Crippen molar-refractivity contribution < 1.29 is 0 Å². The van der Waals surface area contributed by atoms with Crippen molar-refractivity contribution >= 4 is 0 Å². The summed E-state index contributed by atoms with van der Waals surface area (Å²) < 4.78 is 1.88. The lowest BCUT2D eigenvalue weighted by Crippen LogP contribution is -2.01. The van der Waals surface area contributed by atoms with Gasteiger partial charge in [-0.3, -0.25) is 9.97 Å². The van der Waals surface area contributed by atoms with Gasteiger partial charge in [0.1, 0.15) is 0 Å². The number of hydrogen-bond acceptors (Lipinski definition) is 4. The normalized spacial score (nSPS) is 14.3. The number of nitrogens with zero attached hydrogens (tertiary/aromatic N) is 5. The molecule has 0 N–H and O–H groups in total. The Balaban J connectivity index is 1.50. The van der Waals surface area contributed by atoms with Crippen LogP contribution >= 0.6 is 0 Å². The van der Waals surface area contributed by atoms with Crippen LogP contribution in [0.25, 0.3) is 11.4 Å². The average molecular weight is 277 g/mol. The molecule has 3 aromatic heterocycles. The van der Waals surface area contributed by atoms with Gasteiger partial charge in [0.2, 0.25) is 0 Å². The van der Waals surface area contributed by atoms with E-state index >= 15 is 0 Å². The Morgan fingerprint density at radius 3 is 2.67 bits per heavy atom. The number of hydrogen-bond donors (Lipinski definition) is 0. The third-order valence-corrected chi connectivity index (χ3v) is 3.65. The van der Waals surface area contributed by atoms with E-state index in [1.54, 1.807) is 6.20 Å². The van der Waals surface area contributed by atoms with Crippen LogP contribution in [0.1, 0.15) is 30.0 Å². The first-order valence-electron chi connectivity index (χ1n) is 7.15. The van der Waals surface area contributed by atoms with Crippen LogP contribution in [0.4, 0.5) is 0 Å². The van der Waals surface area contributed by atoms with Crippen molar-refractivity contribution in [1.82, 2.24) is 25.0 Å². The van der Waals surface area contributed by atoms with Crippen LogP contribution in [-0.4, -0.2) is 25.0 Å². The molecule has 0 aromatic carbocycles. The first-order chi connectivity index (χ1) is 10.4. The lowest BCUT2D eigenvalue weighted by atomic mass is 10.2. The second-order valence-electron chi connectivity index (χ2n) is 5.38. The zero-order valence-corrected chi connectivity index (χ0v) is 11.6. The van der Waals surface area contributed by atoms with E-state index in [-0.39, 0.29) is 0 Å². The smallest absolute Gasteiger partial charge is 0.0886 e. The first-order valence-corrected chi connectivity index (χ1v) is 7.15. The molecule has 0 amide bonds. The second kappa shape index (κ2) is 5.09. The number of rotatable bonds is 4. The van der Waals surface area contributed by atoms with E-state index in [0.29, 0.717) is 12.5 Å². The highest BCUT2D eigenvalue weighted by Gasteiger charge is 2.26. The van der Waals surface area contributed by atoms with Gasteiger partial charge in [0.05, 0.1) is 23.6 Å². The fourth-order valence-corrected chi connectivity index (χ4v) is 2.33. The Morgan fingerprint density at radius 1 is 1.05 bits per heavy atom. The van der Waals surface area contributed by atoms with Crippen LogP contribution in [0.2, 0.25) is 0 Å². The molecule has 21 heavy (non-hydrogen) atoms. The summed E-state index contributed by atoms with van der Waals surface area (Å²) in [6.07, 6.45) is 8.20. The molecule has 1 aliphatic rings. The minimum atomic E-state index is 0.642. The van der Waals surface area contributed by atoms with E-state index in [4.69, 9.17) is 0 Å². The molecule has 0 bridgehead atoms. The topological polar surface area (TPSA) is 56.5 Å². The Morgan fingerprint density at radius 2 is 1.95 bits per heavy atom. The first kappa shape index (κ1) is 12.2. The lowest BCUT2D eigenvalue weighted by molar-refractivity contribution is 0.648. The minimum absolute atomic E-state index is 0.642. The van der Waals surface area contributed by atoms with E-state index in [0.717, 1.165) is 22.6 Å². The molecular weight excluding hydrogens is 262 g/mol. The number of pyridine rings is 2. The van der Waals surface area contributed by atoms with Gasteiger partial charge in [0, 0.05) is 24.5 Å². The molecule has 0 atom stereocenters. The van der Waals surface area contributed by atoms with Crippen molar-refractivity contribution in [3.05, 3.63) is 60.2 Å². The molecule has 0 spiro atoms. The maximum atomic E-state index is 4.48. The van der Waals surface area contributed by atoms with E-state index < -0.39 is 0 Å². The summed E-state index contributed by atoms with van der Waals surface area (Å²) in [7, 11) is 0. The monoisotopic (exact) mass is 277 g/mol. The molecular formula is C16H15N5. The molecule has 1 fully saturated rings. The molecule has 3 heterocycles. The largest absolute Gasteiger partial charge is 0.255 e. The Labute approximate surface area is 122 Å². The fraction of sp³-hybridized carbons (Fsp3) is 0.250. The van der Waals surface area contributed by atoms with Crippen molar-refractivity contribution in [3.63, 3.8) is 0 Å². The highest BCUT2D eigenvalue weighted by molar-refractivity contribution is 5.53. The minimum Gasteiger partial charge on any atom is -0.255 e. The van der Waals surface area contributed by atoms with Gasteiger partial charge in [-0.1, -0.05) is 17.3 Å². The van der Waals surface area contributed by atoms with Crippen LogP contribution < -0.4 is 0 Å². The highest BCUT2D eigenvalue weighted by Crippen LogP contribution is 2.38. The van der Waals surface area contributed by atoms with Crippen molar-refractivity contribution in [2.45, 2.75) is 25.3 Å². The SMILES string of the molecule is c1ccc(-c2ccc(Cn3cc(C4CC4)nn3)cn2)nc1. The molecule has 1 aliphatic carbocycles. The molecule has 5 heteroatoms. The molecule has 104 valence electrons. The average Bonchev–Trinajstić information content (AvgIpc) is 3.29. The molecule has 4 rings (SSSR count). The van der Waals surface area contributed by atoms with Gasteiger partial charge in [-0.2, -0.15) is 0 Å². The standard InChI is InChI=1S/C16H15N5/c1-2-8-17-14(3-1)15-7-4-12(9-18-15)10-21-11-16(19-20-21)13-5-6-13/h1-4,7-9,11,13H,5-6,10H2. The van der Waals surface area contributed by atoms with Crippen molar-refractivity contribution in [3.8, 4) is 11.4 Å². The Hall–Kier alpha value is -2.56. The molecule has 0 radical (unpaired) electrons. The predicted octanol–water partition coefficient (Wildman–Crippen LogP) is 2.66. The summed E-state index contributed by atoms with van der Waals surface area (Å²) in [4.78, 5) is 8.78. The molecule has 1 saturated carbocycles. The van der Waals surface area contributed by atoms with Gasteiger partial charge < -0.3 is 0 Å². The zero-order valence-electron chi connectivity index (χ0n) is 11.6. The van der Waals surface area contributed by atoms with E-state index in [1.165, 1.54) is 12.8 Å². The molecule has 5 nitrogen and oxygen atoms in total. The van der Waals surface area contributed by atoms with Gasteiger partial charge in [-0.15, -0.1) is 5.10 Å². The van der Waals surface area contributed by atoms with Gasteiger partial charge in [-0.05, 0) is 36.6 Å². The highest BCUT2D eigenvalue weighted by atomic mass is 15.4. The summed E-state index contributed by atoms with van der Waals surface area (Å²) in [5, 5.41) is 8.40. The maximum absolute atomic E-state index is 4.48. The van der Waals surface area contributed by atoms with Crippen molar-refractivity contribution in [2.75, 3.05) is 0 Å². The number of aromatic nitrogens is 5. The molecule has 0 aliphatic heterocycles. The fourth-order valence-electron chi connectivity index (χ4n) is 2.33. The molecule has 3 aromatic rings. The zero-order chi connectivity index (χ0) is 14.1. The van der Waals surface area contributed by atoms with Crippen molar-refractivity contribution in [1.29, 1.82) is 0 Å². The van der Waals surface area contributed by atoms with Gasteiger partial charge >= 0.3 is 0 Å². The maximum Gasteiger partial charge on any atom is 0.0886 e. The summed E-state index contributed by atoms with van der Waals surface area (Å²) in [5.74, 6) is 0.642. The third kappa shape index (κ3) is 2.67. The summed E-state index contributed by atoms with van der Waals surface area (Å²) in [6.45, 7) is 0.704. The summed E-state index contributed by atoms with van der Waals surface area (Å²) in [5.41, 5.74) is 4.01. The third-order valence-electron chi connectivity index (χ3n) is 3.65.